The van der Waals surface area contributed by atoms with Gasteiger partial charge in [-0.1, -0.05) is 24.3 Å². The predicted octanol–water partition coefficient (Wildman–Crippen LogP) is 3.18. The van der Waals surface area contributed by atoms with Crippen LogP contribution in [0, 0.1) is 6.92 Å². The molecule has 26 heavy (non-hydrogen) atoms. The lowest BCUT2D eigenvalue weighted by molar-refractivity contribution is 0.0678. The van der Waals surface area contributed by atoms with E-state index in [0.29, 0.717) is 6.54 Å². The van der Waals surface area contributed by atoms with Crippen molar-refractivity contribution >= 4 is 5.65 Å². The predicted molar refractivity (Wildman–Crippen MR) is 101 cm³/mol. The maximum absolute atomic E-state index is 12.5. The molecule has 0 atom stereocenters. The highest BCUT2D eigenvalue weighted by Crippen LogP contribution is 2.29. The maximum Gasteiger partial charge on any atom is 0.258 e. The van der Waals surface area contributed by atoms with Crippen LogP contribution >= 0.6 is 0 Å². The zero-order valence-electron chi connectivity index (χ0n) is 15.4. The van der Waals surface area contributed by atoms with E-state index in [-0.39, 0.29) is 11.2 Å². The van der Waals surface area contributed by atoms with Crippen LogP contribution in [0.1, 0.15) is 30.7 Å². The van der Waals surface area contributed by atoms with Gasteiger partial charge in [-0.2, -0.15) is 0 Å². The zero-order valence-corrected chi connectivity index (χ0v) is 15.4. The van der Waals surface area contributed by atoms with Crippen molar-refractivity contribution in [2.45, 2.75) is 39.5 Å². The molecule has 0 saturated heterocycles. The fraction of sp³-hybridized carbons (Fsp3) is 0.333. The summed E-state index contributed by atoms with van der Waals surface area (Å²) >= 11 is 0. The summed E-state index contributed by atoms with van der Waals surface area (Å²) in [5.41, 5.74) is 3.32. The topological polar surface area (TPSA) is 46.8 Å². The first kappa shape index (κ1) is 16.8. The Kier molecular flexibility index (Phi) is 4.04. The molecule has 0 amide bonds. The van der Waals surface area contributed by atoms with Gasteiger partial charge in [-0.05, 0) is 38.5 Å². The van der Waals surface area contributed by atoms with Gasteiger partial charge in [-0.3, -0.25) is 14.1 Å². The van der Waals surface area contributed by atoms with Crippen molar-refractivity contribution in [1.82, 2.24) is 14.3 Å². The van der Waals surface area contributed by atoms with E-state index in [0.717, 1.165) is 41.3 Å². The molecule has 134 valence electrons. The van der Waals surface area contributed by atoms with Crippen LogP contribution in [0.15, 0.2) is 53.5 Å². The highest BCUT2D eigenvalue weighted by Gasteiger charge is 2.29. The Morgan fingerprint density at radius 1 is 1.19 bits per heavy atom. The van der Waals surface area contributed by atoms with E-state index in [2.05, 4.69) is 24.8 Å². The summed E-state index contributed by atoms with van der Waals surface area (Å²) in [7, 11) is 0. The number of aryl methyl sites for hydroxylation is 1. The molecule has 0 aliphatic carbocycles. The summed E-state index contributed by atoms with van der Waals surface area (Å²) in [6.07, 6.45) is 1.76. The summed E-state index contributed by atoms with van der Waals surface area (Å²) in [5.74, 6) is 0.933. The van der Waals surface area contributed by atoms with Crippen molar-refractivity contribution in [2.24, 2.45) is 0 Å². The molecule has 0 saturated carbocycles. The van der Waals surface area contributed by atoms with E-state index < -0.39 is 0 Å². The summed E-state index contributed by atoms with van der Waals surface area (Å²) in [5, 5.41) is 0. The van der Waals surface area contributed by atoms with E-state index in [1.807, 2.05) is 37.3 Å². The van der Waals surface area contributed by atoms with Gasteiger partial charge in [0.25, 0.3) is 5.56 Å². The highest BCUT2D eigenvalue weighted by atomic mass is 16.5. The van der Waals surface area contributed by atoms with E-state index >= 15 is 0 Å². The molecule has 0 spiro atoms. The number of benzene rings is 1. The summed E-state index contributed by atoms with van der Waals surface area (Å²) in [6, 6.07) is 13.6. The first-order valence-electron chi connectivity index (χ1n) is 8.88. The van der Waals surface area contributed by atoms with Crippen molar-refractivity contribution in [3.63, 3.8) is 0 Å². The quantitative estimate of drug-likeness (QED) is 0.713. The van der Waals surface area contributed by atoms with Crippen LogP contribution in [-0.2, 0) is 13.1 Å². The first-order chi connectivity index (χ1) is 12.4. The van der Waals surface area contributed by atoms with Crippen LogP contribution in [0.4, 0.5) is 0 Å². The van der Waals surface area contributed by atoms with Gasteiger partial charge in [0.05, 0.1) is 5.69 Å². The second-order valence-corrected chi connectivity index (χ2v) is 7.59. The Labute approximate surface area is 152 Å². The number of rotatable bonds is 2. The number of hydrogen-bond donors (Lipinski definition) is 0. The first-order valence-corrected chi connectivity index (χ1v) is 8.88. The lowest BCUT2D eigenvalue weighted by atomic mass is 10.1. The standard InChI is InChI=1S/C21H23N3O2/c1-15-7-6-10-24-19(25)11-17(22-20(15)24)13-23-12-16-8-4-5-9-18(16)26-21(2,3)14-23/h4-11H,12-14H2,1-3H3. The summed E-state index contributed by atoms with van der Waals surface area (Å²) in [4.78, 5) is 19.5. The average molecular weight is 349 g/mol. The third-order valence-electron chi connectivity index (χ3n) is 4.68. The van der Waals surface area contributed by atoms with Gasteiger partial charge in [0.15, 0.2) is 0 Å². The van der Waals surface area contributed by atoms with Gasteiger partial charge in [0.1, 0.15) is 17.0 Å². The van der Waals surface area contributed by atoms with Gasteiger partial charge in [-0.25, -0.2) is 4.98 Å². The molecular weight excluding hydrogens is 326 g/mol. The van der Waals surface area contributed by atoms with Gasteiger partial charge < -0.3 is 4.74 Å². The van der Waals surface area contributed by atoms with Crippen LogP contribution in [0.3, 0.4) is 0 Å². The third-order valence-corrected chi connectivity index (χ3v) is 4.68. The van der Waals surface area contributed by atoms with Crippen molar-refractivity contribution in [3.05, 3.63) is 75.8 Å². The molecule has 0 radical (unpaired) electrons. The Balaban J connectivity index is 1.69. The fourth-order valence-electron chi connectivity index (χ4n) is 3.63. The zero-order chi connectivity index (χ0) is 18.3. The number of pyridine rings is 1. The van der Waals surface area contributed by atoms with Crippen LogP contribution < -0.4 is 10.3 Å². The average Bonchev–Trinajstić information content (AvgIpc) is 2.69. The largest absolute Gasteiger partial charge is 0.486 e. The maximum atomic E-state index is 12.5. The van der Waals surface area contributed by atoms with Crippen molar-refractivity contribution in [1.29, 1.82) is 0 Å². The van der Waals surface area contributed by atoms with E-state index in [9.17, 15) is 4.79 Å². The van der Waals surface area contributed by atoms with Crippen molar-refractivity contribution < 1.29 is 4.74 Å². The molecule has 0 bridgehead atoms. The van der Waals surface area contributed by atoms with Gasteiger partial charge >= 0.3 is 0 Å². The summed E-state index contributed by atoms with van der Waals surface area (Å²) < 4.78 is 7.80. The highest BCUT2D eigenvalue weighted by molar-refractivity contribution is 5.46. The fourth-order valence-corrected chi connectivity index (χ4v) is 3.63. The second-order valence-electron chi connectivity index (χ2n) is 7.59. The van der Waals surface area contributed by atoms with Gasteiger partial charge in [0, 0.05) is 37.5 Å². The Morgan fingerprint density at radius 3 is 2.85 bits per heavy atom. The third kappa shape index (κ3) is 3.22. The molecule has 3 aromatic rings. The SMILES string of the molecule is Cc1cccn2c(=O)cc(CN3Cc4ccccc4OC(C)(C)C3)nc12. The van der Waals surface area contributed by atoms with E-state index in [1.165, 1.54) is 0 Å². The molecule has 3 heterocycles. The molecule has 1 aromatic carbocycles. The van der Waals surface area contributed by atoms with Crippen molar-refractivity contribution in [3.8, 4) is 5.75 Å². The van der Waals surface area contributed by atoms with Crippen LogP contribution in [0.25, 0.3) is 5.65 Å². The molecule has 4 rings (SSSR count). The molecule has 0 unspecified atom stereocenters. The molecule has 2 aromatic heterocycles. The van der Waals surface area contributed by atoms with Gasteiger partial charge in [-0.15, -0.1) is 0 Å². The molecule has 0 N–H and O–H groups in total. The Hall–Kier alpha value is -2.66. The monoisotopic (exact) mass is 349 g/mol. The lowest BCUT2D eigenvalue weighted by Crippen LogP contribution is -2.40. The van der Waals surface area contributed by atoms with Gasteiger partial charge in [0.2, 0.25) is 0 Å². The minimum absolute atomic E-state index is 0.0422. The molecule has 0 fully saturated rings. The van der Waals surface area contributed by atoms with E-state index in [4.69, 9.17) is 9.72 Å². The smallest absolute Gasteiger partial charge is 0.258 e. The minimum Gasteiger partial charge on any atom is -0.486 e. The summed E-state index contributed by atoms with van der Waals surface area (Å²) in [6.45, 7) is 8.31. The lowest BCUT2D eigenvalue weighted by Gasteiger charge is -2.29. The van der Waals surface area contributed by atoms with E-state index in [1.54, 1.807) is 16.7 Å². The number of fused-ring (bicyclic) bond motifs is 2. The number of nitrogens with zero attached hydrogens (tertiary/aromatic N) is 3. The normalized spacial score (nSPS) is 16.7. The van der Waals surface area contributed by atoms with Crippen molar-refractivity contribution in [2.75, 3.05) is 6.54 Å². The Morgan fingerprint density at radius 2 is 2.00 bits per heavy atom. The number of hydrogen-bond acceptors (Lipinski definition) is 4. The number of aromatic nitrogens is 2. The van der Waals surface area contributed by atoms with Crippen LogP contribution in [0.2, 0.25) is 0 Å². The Bertz CT molecular complexity index is 1020. The van der Waals surface area contributed by atoms with Crippen LogP contribution in [0.5, 0.6) is 5.75 Å². The molecule has 5 nitrogen and oxygen atoms in total. The second kappa shape index (κ2) is 6.25. The molecular formula is C21H23N3O2. The molecule has 1 aliphatic rings. The van der Waals surface area contributed by atoms with Crippen LogP contribution in [-0.4, -0.2) is 26.4 Å². The number of para-hydroxylation sites is 1. The molecule has 1 aliphatic heterocycles. The number of ether oxygens (including phenoxy) is 1. The minimum atomic E-state index is -0.311. The molecule has 5 heteroatoms.